The number of nitrogens with one attached hydrogen (secondary N) is 1. The molecule has 0 aliphatic carbocycles. The highest BCUT2D eigenvalue weighted by molar-refractivity contribution is 7.87. The lowest BCUT2D eigenvalue weighted by molar-refractivity contribution is 0.333. The molecular formula is C15H21N3O4S. The van der Waals surface area contributed by atoms with Crippen LogP contribution in [0.4, 0.5) is 0 Å². The Balaban J connectivity index is 1.81. The summed E-state index contributed by atoms with van der Waals surface area (Å²) >= 11 is 0. The second-order valence-electron chi connectivity index (χ2n) is 5.87. The van der Waals surface area contributed by atoms with Gasteiger partial charge in [-0.1, -0.05) is 5.16 Å². The molecule has 2 aromatic heterocycles. The van der Waals surface area contributed by atoms with Gasteiger partial charge in [-0.2, -0.15) is 17.4 Å². The van der Waals surface area contributed by atoms with Crippen LogP contribution in [0.3, 0.4) is 0 Å². The fourth-order valence-electron chi connectivity index (χ4n) is 3.25. The summed E-state index contributed by atoms with van der Waals surface area (Å²) in [6.45, 7) is 5.86. The Hall–Kier alpha value is -1.64. The zero-order chi connectivity index (χ0) is 16.6. The van der Waals surface area contributed by atoms with Gasteiger partial charge in [-0.25, -0.2) is 0 Å². The van der Waals surface area contributed by atoms with Gasteiger partial charge in [-0.05, 0) is 45.7 Å². The molecule has 0 radical (unpaired) electrons. The second-order valence-corrected chi connectivity index (χ2v) is 7.52. The molecule has 0 unspecified atom stereocenters. The van der Waals surface area contributed by atoms with E-state index in [1.54, 1.807) is 33.1 Å². The van der Waals surface area contributed by atoms with Gasteiger partial charge in [-0.3, -0.25) is 0 Å². The molecule has 8 heteroatoms. The van der Waals surface area contributed by atoms with Crippen molar-refractivity contribution in [3.63, 3.8) is 0 Å². The smallest absolute Gasteiger partial charge is 0.280 e. The van der Waals surface area contributed by atoms with Gasteiger partial charge < -0.3 is 8.94 Å². The molecule has 1 fully saturated rings. The summed E-state index contributed by atoms with van der Waals surface area (Å²) in [6.07, 6.45) is 3.14. The Bertz CT molecular complexity index is 747. The predicted molar refractivity (Wildman–Crippen MR) is 83.8 cm³/mol. The van der Waals surface area contributed by atoms with Crippen molar-refractivity contribution < 1.29 is 17.4 Å². The molecule has 0 bridgehead atoms. The summed E-state index contributed by atoms with van der Waals surface area (Å²) in [5.41, 5.74) is 1.48. The largest absolute Gasteiger partial charge is 0.468 e. The van der Waals surface area contributed by atoms with Crippen LogP contribution in [0.5, 0.6) is 0 Å². The van der Waals surface area contributed by atoms with Crippen molar-refractivity contribution in [2.45, 2.75) is 45.7 Å². The zero-order valence-electron chi connectivity index (χ0n) is 13.4. The van der Waals surface area contributed by atoms with Crippen LogP contribution in [0.15, 0.2) is 27.3 Å². The maximum absolute atomic E-state index is 12.8. The maximum atomic E-state index is 12.8. The van der Waals surface area contributed by atoms with E-state index in [9.17, 15) is 8.42 Å². The van der Waals surface area contributed by atoms with E-state index < -0.39 is 16.3 Å². The minimum absolute atomic E-state index is 0.251. The van der Waals surface area contributed by atoms with Gasteiger partial charge in [0.15, 0.2) is 0 Å². The van der Waals surface area contributed by atoms with Crippen LogP contribution in [0.25, 0.3) is 0 Å². The van der Waals surface area contributed by atoms with Gasteiger partial charge in [0, 0.05) is 12.1 Å². The molecule has 1 N–H and O–H groups in total. The number of furan rings is 1. The first-order valence-corrected chi connectivity index (χ1v) is 9.09. The Morgan fingerprint density at radius 3 is 2.83 bits per heavy atom. The van der Waals surface area contributed by atoms with Crippen LogP contribution < -0.4 is 4.72 Å². The van der Waals surface area contributed by atoms with Gasteiger partial charge in [0.2, 0.25) is 0 Å². The topological polar surface area (TPSA) is 88.6 Å². The van der Waals surface area contributed by atoms with Gasteiger partial charge in [-0.15, -0.1) is 0 Å². The van der Waals surface area contributed by atoms with E-state index in [0.717, 1.165) is 18.4 Å². The van der Waals surface area contributed by atoms with Crippen molar-refractivity contribution in [3.8, 4) is 0 Å². The second kappa shape index (κ2) is 6.10. The molecule has 0 saturated carbocycles. The molecule has 2 atom stereocenters. The normalized spacial score (nSPS) is 20.9. The lowest BCUT2D eigenvalue weighted by Gasteiger charge is -2.25. The van der Waals surface area contributed by atoms with E-state index in [2.05, 4.69) is 9.88 Å². The van der Waals surface area contributed by atoms with Crippen molar-refractivity contribution in [2.24, 2.45) is 0 Å². The summed E-state index contributed by atoms with van der Waals surface area (Å²) in [5.74, 6) is 1.31. The van der Waals surface area contributed by atoms with Crippen molar-refractivity contribution in [1.82, 2.24) is 14.2 Å². The van der Waals surface area contributed by atoms with E-state index in [-0.39, 0.29) is 6.04 Å². The van der Waals surface area contributed by atoms with Gasteiger partial charge >= 0.3 is 0 Å². The monoisotopic (exact) mass is 339 g/mol. The van der Waals surface area contributed by atoms with Gasteiger partial charge in [0.1, 0.15) is 11.5 Å². The van der Waals surface area contributed by atoms with Gasteiger partial charge in [0.25, 0.3) is 10.2 Å². The molecule has 23 heavy (non-hydrogen) atoms. The minimum atomic E-state index is -3.64. The molecule has 2 aromatic rings. The Morgan fingerprint density at radius 2 is 2.22 bits per heavy atom. The zero-order valence-corrected chi connectivity index (χ0v) is 14.3. The standard InChI is InChI=1S/C15H21N3O4S/c1-10-15(12(3)22-16-10)11(2)17-23(19,20)18-8-4-6-13(18)14-7-5-9-21-14/h5,7,9,11,13,17H,4,6,8H2,1-3H3/t11-,13+/m1/s1. The number of hydrogen-bond acceptors (Lipinski definition) is 5. The number of nitrogens with zero attached hydrogens (tertiary/aromatic N) is 2. The molecule has 1 aliphatic rings. The van der Waals surface area contributed by atoms with Crippen molar-refractivity contribution >= 4 is 10.2 Å². The summed E-state index contributed by atoms with van der Waals surface area (Å²) in [4.78, 5) is 0. The molecular weight excluding hydrogens is 318 g/mol. The average Bonchev–Trinajstić information content (AvgIpc) is 3.17. The molecule has 3 rings (SSSR count). The third kappa shape index (κ3) is 3.06. The Kier molecular flexibility index (Phi) is 4.31. The molecule has 0 amide bonds. The Morgan fingerprint density at radius 1 is 1.43 bits per heavy atom. The van der Waals surface area contributed by atoms with Crippen molar-refractivity contribution in [3.05, 3.63) is 41.2 Å². The summed E-state index contributed by atoms with van der Waals surface area (Å²) in [6, 6.07) is 2.93. The van der Waals surface area contributed by atoms with E-state index in [4.69, 9.17) is 8.94 Å². The highest BCUT2D eigenvalue weighted by Crippen LogP contribution is 2.34. The lowest BCUT2D eigenvalue weighted by atomic mass is 10.1. The van der Waals surface area contributed by atoms with E-state index >= 15 is 0 Å². The molecule has 0 aromatic carbocycles. The molecule has 0 spiro atoms. The fraction of sp³-hybridized carbons (Fsp3) is 0.533. The summed E-state index contributed by atoms with van der Waals surface area (Å²) in [5, 5.41) is 3.88. The van der Waals surface area contributed by atoms with Crippen LogP contribution in [0, 0.1) is 13.8 Å². The SMILES string of the molecule is Cc1noc(C)c1[C@@H](C)NS(=O)(=O)N1CCC[C@H]1c1ccco1. The first-order chi connectivity index (χ1) is 10.9. The van der Waals surface area contributed by atoms with E-state index in [1.165, 1.54) is 4.31 Å². The fourth-order valence-corrected chi connectivity index (χ4v) is 4.87. The van der Waals surface area contributed by atoms with E-state index in [1.807, 2.05) is 6.07 Å². The highest BCUT2D eigenvalue weighted by Gasteiger charge is 2.37. The molecule has 3 heterocycles. The van der Waals surface area contributed by atoms with Crippen molar-refractivity contribution in [2.75, 3.05) is 6.54 Å². The highest BCUT2D eigenvalue weighted by atomic mass is 32.2. The third-order valence-corrected chi connectivity index (χ3v) is 5.94. The number of aromatic nitrogens is 1. The van der Waals surface area contributed by atoms with Crippen molar-refractivity contribution in [1.29, 1.82) is 0 Å². The first-order valence-electron chi connectivity index (χ1n) is 7.65. The quantitative estimate of drug-likeness (QED) is 0.904. The van der Waals surface area contributed by atoms with Crippen LogP contribution in [-0.4, -0.2) is 24.4 Å². The predicted octanol–water partition coefficient (Wildman–Crippen LogP) is 2.62. The molecule has 7 nitrogen and oxygen atoms in total. The number of hydrogen-bond donors (Lipinski definition) is 1. The maximum Gasteiger partial charge on any atom is 0.280 e. The van der Waals surface area contributed by atoms with Gasteiger partial charge in [0.05, 0.1) is 24.0 Å². The molecule has 1 aliphatic heterocycles. The molecule has 1 saturated heterocycles. The summed E-state index contributed by atoms with van der Waals surface area (Å²) < 4.78 is 40.3. The van der Waals surface area contributed by atoms with Crippen LogP contribution in [0.2, 0.25) is 0 Å². The van der Waals surface area contributed by atoms with Crippen LogP contribution in [0.1, 0.15) is 54.6 Å². The average molecular weight is 339 g/mol. The summed E-state index contributed by atoms with van der Waals surface area (Å²) in [7, 11) is -3.64. The lowest BCUT2D eigenvalue weighted by Crippen LogP contribution is -2.41. The van der Waals surface area contributed by atoms with Crippen LogP contribution >= 0.6 is 0 Å². The van der Waals surface area contributed by atoms with Crippen LogP contribution in [-0.2, 0) is 10.2 Å². The Labute approximate surface area is 135 Å². The molecule has 126 valence electrons. The van der Waals surface area contributed by atoms with E-state index in [0.29, 0.717) is 23.8 Å². The number of aryl methyl sites for hydroxylation is 2. The third-order valence-electron chi connectivity index (χ3n) is 4.23. The minimum Gasteiger partial charge on any atom is -0.468 e. The number of rotatable bonds is 5. The first kappa shape index (κ1) is 16.2.